The first kappa shape index (κ1) is 38.4. The summed E-state index contributed by atoms with van der Waals surface area (Å²) < 4.78 is 5.14. The summed E-state index contributed by atoms with van der Waals surface area (Å²) in [7, 11) is 0. The molecule has 322 valence electrons. The van der Waals surface area contributed by atoms with Gasteiger partial charge >= 0.3 is 0 Å². The van der Waals surface area contributed by atoms with E-state index in [1.807, 2.05) is 47.7 Å². The number of rotatable bonds is 5. The largest absolute Gasteiger partial charge is 0.333 e. The van der Waals surface area contributed by atoms with Crippen LogP contribution in [0.15, 0.2) is 224 Å². The summed E-state index contributed by atoms with van der Waals surface area (Å²) in [5.41, 5.74) is 10.3. The molecular weight excluding hydrogens is 859 g/mol. The molecule has 69 heavy (non-hydrogen) atoms. The highest BCUT2D eigenvalue weighted by Gasteiger charge is 2.38. The van der Waals surface area contributed by atoms with Gasteiger partial charge in [-0.25, -0.2) is 15.0 Å². The van der Waals surface area contributed by atoms with Crippen LogP contribution in [0.2, 0.25) is 0 Å². The number of nitrogens with zero attached hydrogens (tertiary/aromatic N) is 5. The number of benzene rings is 10. The van der Waals surface area contributed by atoms with Gasteiger partial charge in [0, 0.05) is 70.6 Å². The van der Waals surface area contributed by atoms with Crippen molar-refractivity contribution in [3.63, 3.8) is 0 Å². The van der Waals surface area contributed by atoms with Crippen molar-refractivity contribution < 1.29 is 0 Å². The molecule has 13 aromatic rings. The molecule has 3 aromatic heterocycles. The Labute approximate surface area is 401 Å². The van der Waals surface area contributed by atoms with Crippen LogP contribution in [0.25, 0.3) is 114 Å². The minimum atomic E-state index is 0.142. The average Bonchev–Trinajstić information content (AvgIpc) is 4.07. The van der Waals surface area contributed by atoms with Crippen molar-refractivity contribution >= 4 is 97.0 Å². The highest BCUT2D eigenvalue weighted by atomic mass is 32.1. The summed E-state index contributed by atoms with van der Waals surface area (Å²) in [5.74, 6) is 2.16. The van der Waals surface area contributed by atoms with Crippen molar-refractivity contribution in [2.24, 2.45) is 0 Å². The molecule has 0 fully saturated rings. The lowest BCUT2D eigenvalue weighted by Crippen LogP contribution is -2.28. The molecule has 1 aliphatic carbocycles. The van der Waals surface area contributed by atoms with Crippen LogP contribution in [0, 0.1) is 0 Å². The van der Waals surface area contributed by atoms with Gasteiger partial charge in [0.15, 0.2) is 17.5 Å². The van der Waals surface area contributed by atoms with Crippen LogP contribution in [0.3, 0.4) is 0 Å². The van der Waals surface area contributed by atoms with E-state index in [1.54, 1.807) is 0 Å². The molecule has 2 atom stereocenters. The summed E-state index contributed by atoms with van der Waals surface area (Å²) in [6.07, 6.45) is 9.20. The molecule has 4 heterocycles. The van der Waals surface area contributed by atoms with Crippen molar-refractivity contribution in [2.75, 3.05) is 4.90 Å². The molecule has 15 rings (SSSR count). The number of anilines is 2. The Kier molecular flexibility index (Phi) is 8.29. The fraction of sp³-hybridized carbons (Fsp3) is 0.0317. The zero-order chi connectivity index (χ0) is 45.2. The highest BCUT2D eigenvalue weighted by molar-refractivity contribution is 7.25. The number of hydrogen-bond donors (Lipinski definition) is 0. The van der Waals surface area contributed by atoms with Gasteiger partial charge in [-0.2, -0.15) is 0 Å². The number of aromatic nitrogens is 4. The van der Waals surface area contributed by atoms with Gasteiger partial charge in [0.25, 0.3) is 0 Å². The molecule has 0 amide bonds. The maximum atomic E-state index is 5.08. The van der Waals surface area contributed by atoms with E-state index in [2.05, 4.69) is 198 Å². The van der Waals surface area contributed by atoms with Crippen molar-refractivity contribution in [3.05, 3.63) is 230 Å². The molecule has 2 aliphatic rings. The number of hydrogen-bond acceptors (Lipinski definition) is 5. The van der Waals surface area contributed by atoms with E-state index in [0.717, 1.165) is 16.7 Å². The molecule has 0 spiro atoms. The lowest BCUT2D eigenvalue weighted by Gasteiger charge is -2.29. The van der Waals surface area contributed by atoms with Crippen LogP contribution in [-0.4, -0.2) is 25.6 Å². The second-order valence-electron chi connectivity index (χ2n) is 18.3. The van der Waals surface area contributed by atoms with E-state index in [0.29, 0.717) is 17.5 Å². The van der Waals surface area contributed by atoms with Crippen LogP contribution in [0.4, 0.5) is 11.4 Å². The van der Waals surface area contributed by atoms with E-state index in [4.69, 9.17) is 15.0 Å². The molecule has 6 heteroatoms. The number of fused-ring (bicyclic) bond motifs is 15. The molecule has 0 saturated carbocycles. The molecule has 1 aliphatic heterocycles. The van der Waals surface area contributed by atoms with Crippen molar-refractivity contribution in [1.82, 2.24) is 19.5 Å². The van der Waals surface area contributed by atoms with Crippen molar-refractivity contribution in [1.29, 1.82) is 0 Å². The molecule has 0 N–H and O–H groups in total. The first-order valence-corrected chi connectivity index (χ1v) is 24.4. The molecule has 0 saturated heterocycles. The van der Waals surface area contributed by atoms with E-state index >= 15 is 0 Å². The first-order valence-electron chi connectivity index (χ1n) is 23.6. The fourth-order valence-electron chi connectivity index (χ4n) is 11.4. The Balaban J connectivity index is 0.871. The van der Waals surface area contributed by atoms with Gasteiger partial charge in [-0.3, -0.25) is 0 Å². The molecule has 10 aromatic carbocycles. The average molecular weight is 898 g/mol. The van der Waals surface area contributed by atoms with Crippen molar-refractivity contribution in [3.8, 4) is 39.9 Å². The zero-order valence-corrected chi connectivity index (χ0v) is 38.0. The van der Waals surface area contributed by atoms with Gasteiger partial charge in [0.05, 0.1) is 17.1 Å². The minimum Gasteiger partial charge on any atom is -0.333 e. The van der Waals surface area contributed by atoms with Crippen LogP contribution < -0.4 is 4.90 Å². The van der Waals surface area contributed by atoms with Gasteiger partial charge in [-0.1, -0.05) is 164 Å². The standard InChI is InChI=1S/C63H39N5S/c1-3-15-38(16-4-1)61-64-62(39-17-5-2-6-18-39)66-63(65-61)40-27-30-45-46-31-28-41(34-51(46)44-20-8-7-19-43(44)50(45)33-40)67-55-24-12-9-21-47(55)52-35-42(29-32-57(52)67)68-56-25-13-10-22-48(56)53-37-60-54(36-58(53)68)49-23-11-14-26-59(49)69-60/h1-37,47,55H. The van der Waals surface area contributed by atoms with E-state index < -0.39 is 0 Å². The maximum Gasteiger partial charge on any atom is 0.164 e. The van der Waals surface area contributed by atoms with E-state index in [1.165, 1.54) is 96.9 Å². The monoisotopic (exact) mass is 897 g/mol. The quantitative estimate of drug-likeness (QED) is 0.162. The summed E-state index contributed by atoms with van der Waals surface area (Å²) in [4.78, 5) is 17.7. The summed E-state index contributed by atoms with van der Waals surface area (Å²) in [6.45, 7) is 0. The Morgan fingerprint density at radius 2 is 0.957 bits per heavy atom. The predicted octanol–water partition coefficient (Wildman–Crippen LogP) is 16.5. The van der Waals surface area contributed by atoms with Crippen LogP contribution in [0.5, 0.6) is 0 Å². The zero-order valence-electron chi connectivity index (χ0n) is 37.2. The van der Waals surface area contributed by atoms with E-state index in [9.17, 15) is 0 Å². The maximum absolute atomic E-state index is 5.08. The molecule has 0 bridgehead atoms. The molecule has 2 unspecified atom stereocenters. The van der Waals surface area contributed by atoms with Gasteiger partial charge < -0.3 is 9.47 Å². The van der Waals surface area contributed by atoms with Gasteiger partial charge in [-0.15, -0.1) is 11.3 Å². The SMILES string of the molecule is C1=CC2c3cc(-n4c5ccccc5c5cc6sc7ccccc7c6cc54)ccc3N(c3ccc4c5ccc(-c6nc(-c7ccccc7)nc(-c7ccccc7)n6)cc5c5ccccc5c4c3)C2C=C1. The third-order valence-corrected chi connectivity index (χ3v) is 15.7. The lowest BCUT2D eigenvalue weighted by atomic mass is 9.91. The van der Waals surface area contributed by atoms with Crippen molar-refractivity contribution in [2.45, 2.75) is 12.0 Å². The third-order valence-electron chi connectivity index (χ3n) is 14.5. The molecule has 5 nitrogen and oxygen atoms in total. The summed E-state index contributed by atoms with van der Waals surface area (Å²) >= 11 is 1.88. The number of thiophene rings is 1. The highest BCUT2D eigenvalue weighted by Crippen LogP contribution is 2.50. The second kappa shape index (κ2) is 14.9. The summed E-state index contributed by atoms with van der Waals surface area (Å²) in [5, 5.41) is 12.4. The topological polar surface area (TPSA) is 46.8 Å². The number of allylic oxidation sites excluding steroid dienone is 2. The van der Waals surface area contributed by atoms with Gasteiger partial charge in [0.1, 0.15) is 0 Å². The van der Waals surface area contributed by atoms with Gasteiger partial charge in [0.2, 0.25) is 0 Å². The Morgan fingerprint density at radius 1 is 0.362 bits per heavy atom. The third kappa shape index (κ3) is 5.86. The Hall–Kier alpha value is -8.71. The van der Waals surface area contributed by atoms with Gasteiger partial charge in [-0.05, 0) is 98.5 Å². The predicted molar refractivity (Wildman–Crippen MR) is 289 cm³/mol. The number of para-hydroxylation sites is 1. The Morgan fingerprint density at radius 3 is 1.71 bits per heavy atom. The normalized spacial score (nSPS) is 15.4. The Bertz CT molecular complexity index is 4260. The van der Waals surface area contributed by atoms with E-state index in [-0.39, 0.29) is 12.0 Å². The summed E-state index contributed by atoms with van der Waals surface area (Å²) in [6, 6.07) is 72.7. The lowest BCUT2D eigenvalue weighted by molar-refractivity contribution is 0.745. The van der Waals surface area contributed by atoms with Crippen LogP contribution in [-0.2, 0) is 0 Å². The first-order chi connectivity index (χ1) is 34.2. The molecular formula is C63H39N5S. The fourth-order valence-corrected chi connectivity index (χ4v) is 12.5. The second-order valence-corrected chi connectivity index (χ2v) is 19.4. The smallest absolute Gasteiger partial charge is 0.164 e. The van der Waals surface area contributed by atoms with Crippen LogP contribution in [0.1, 0.15) is 11.5 Å². The van der Waals surface area contributed by atoms with Crippen LogP contribution >= 0.6 is 11.3 Å². The minimum absolute atomic E-state index is 0.142. The molecule has 0 radical (unpaired) electrons.